The molecule has 3 nitrogen and oxygen atoms in total. The van der Waals surface area contributed by atoms with Gasteiger partial charge in [0.2, 0.25) is 0 Å². The number of benzene rings is 1. The molecule has 0 atom stereocenters. The van der Waals surface area contributed by atoms with Gasteiger partial charge in [-0.2, -0.15) is 0 Å². The van der Waals surface area contributed by atoms with Gasteiger partial charge in [-0.25, -0.2) is 0 Å². The van der Waals surface area contributed by atoms with Crippen molar-refractivity contribution in [3.05, 3.63) is 69.2 Å². The van der Waals surface area contributed by atoms with Crippen molar-refractivity contribution in [1.29, 1.82) is 0 Å². The molecule has 1 aromatic carbocycles. The Morgan fingerprint density at radius 1 is 1.10 bits per heavy atom. The Morgan fingerprint density at radius 3 is 2.31 bits per heavy atom. The molecule has 0 spiro atoms. The van der Waals surface area contributed by atoms with E-state index in [4.69, 9.17) is 4.99 Å². The van der Waals surface area contributed by atoms with E-state index in [0.717, 1.165) is 38.9 Å². The molecule has 1 aliphatic rings. The molecule has 0 unspecified atom stereocenters. The average molecular weight is 396 g/mol. The molecule has 1 aromatic heterocycles. The first-order valence-corrected chi connectivity index (χ1v) is 10.0. The maximum atomic E-state index is 14.2. The van der Waals surface area contributed by atoms with Crippen LogP contribution in [0.3, 0.4) is 0 Å². The molecule has 2 aromatic rings. The number of allylic oxidation sites excluding steroid dienone is 2. The zero-order valence-electron chi connectivity index (χ0n) is 17.9. The van der Waals surface area contributed by atoms with Crippen LogP contribution in [0.1, 0.15) is 62.2 Å². The zero-order valence-corrected chi connectivity index (χ0v) is 17.9. The second-order valence-corrected chi connectivity index (χ2v) is 7.47. The molecule has 29 heavy (non-hydrogen) atoms. The standard InChI is InChI=1S/C23H27BF2N2O/c1-7-19-13(3)22(27-15(19)5)21(17-10-9-11-18(29)12-17)23-14(4)20(8-2)16(6)28(23)24(25)26/h9-12,29H,7-8H2,1-6H3/b22-21-. The molecule has 3 rings (SSSR count). The van der Waals surface area contributed by atoms with Crippen LogP contribution in [0.2, 0.25) is 0 Å². The van der Waals surface area contributed by atoms with Crippen molar-refractivity contribution in [2.24, 2.45) is 4.99 Å². The molecular formula is C23H27BF2N2O. The van der Waals surface area contributed by atoms with Crippen molar-refractivity contribution in [1.82, 2.24) is 4.48 Å². The summed E-state index contributed by atoms with van der Waals surface area (Å²) in [5, 5.41) is 10.1. The lowest BCUT2D eigenvalue weighted by atomic mass is 9.92. The third kappa shape index (κ3) is 3.45. The summed E-state index contributed by atoms with van der Waals surface area (Å²) in [6.07, 6.45) is 1.50. The fourth-order valence-electron chi connectivity index (χ4n) is 4.53. The third-order valence-corrected chi connectivity index (χ3v) is 5.88. The Morgan fingerprint density at radius 2 is 1.79 bits per heavy atom. The molecule has 6 heteroatoms. The summed E-state index contributed by atoms with van der Waals surface area (Å²) in [6, 6.07) is 6.77. The largest absolute Gasteiger partial charge is 0.677 e. The molecule has 0 saturated heterocycles. The first-order chi connectivity index (χ1) is 13.7. The molecule has 2 heterocycles. The minimum absolute atomic E-state index is 0.0943. The molecule has 0 amide bonds. The Kier molecular flexibility index (Phi) is 5.83. The smallest absolute Gasteiger partial charge is 0.508 e. The van der Waals surface area contributed by atoms with Gasteiger partial charge in [-0.05, 0) is 80.5 Å². The number of hydrogen-bond acceptors (Lipinski definition) is 2. The lowest BCUT2D eigenvalue weighted by Gasteiger charge is -2.17. The van der Waals surface area contributed by atoms with E-state index in [0.29, 0.717) is 34.6 Å². The van der Waals surface area contributed by atoms with Crippen LogP contribution in [-0.4, -0.2) is 22.7 Å². The number of phenolic OH excluding ortho intramolecular Hbond substituents is 1. The number of hydrogen-bond donors (Lipinski definition) is 1. The van der Waals surface area contributed by atoms with Crippen molar-refractivity contribution >= 4 is 18.7 Å². The van der Waals surface area contributed by atoms with Crippen LogP contribution in [-0.2, 0) is 6.42 Å². The first kappa shape index (κ1) is 21.1. The van der Waals surface area contributed by atoms with E-state index < -0.39 is 7.40 Å². The molecule has 0 bridgehead atoms. The number of aliphatic imine (C=N–C) groups is 1. The molecule has 1 aliphatic heterocycles. The lowest BCUT2D eigenvalue weighted by Crippen LogP contribution is -2.18. The zero-order chi connectivity index (χ0) is 21.5. The Bertz CT molecular complexity index is 1060. The first-order valence-electron chi connectivity index (χ1n) is 10.0. The molecule has 0 fully saturated rings. The predicted molar refractivity (Wildman–Crippen MR) is 117 cm³/mol. The Balaban J connectivity index is 2.49. The van der Waals surface area contributed by atoms with E-state index >= 15 is 0 Å². The van der Waals surface area contributed by atoms with E-state index in [2.05, 4.69) is 6.92 Å². The molecule has 0 saturated carbocycles. The van der Waals surface area contributed by atoms with Gasteiger partial charge >= 0.3 is 7.40 Å². The highest BCUT2D eigenvalue weighted by Gasteiger charge is 2.32. The van der Waals surface area contributed by atoms with Crippen LogP contribution < -0.4 is 0 Å². The maximum Gasteiger partial charge on any atom is 0.677 e. The average Bonchev–Trinajstić information content (AvgIpc) is 3.08. The van der Waals surface area contributed by atoms with Crippen LogP contribution in [0.25, 0.3) is 5.57 Å². The van der Waals surface area contributed by atoms with Crippen LogP contribution in [0.15, 0.2) is 46.1 Å². The summed E-state index contributed by atoms with van der Waals surface area (Å²) in [5.41, 5.74) is 7.88. The van der Waals surface area contributed by atoms with Gasteiger partial charge in [0.05, 0.1) is 5.70 Å². The van der Waals surface area contributed by atoms with Crippen molar-refractivity contribution in [3.8, 4) is 5.75 Å². The number of rotatable bonds is 5. The van der Waals surface area contributed by atoms with E-state index in [1.165, 1.54) is 0 Å². The summed E-state index contributed by atoms with van der Waals surface area (Å²) in [5.74, 6) is 0.0943. The van der Waals surface area contributed by atoms with Gasteiger partial charge in [-0.15, -0.1) is 0 Å². The van der Waals surface area contributed by atoms with Crippen LogP contribution >= 0.6 is 0 Å². The van der Waals surface area contributed by atoms with E-state index in [9.17, 15) is 13.7 Å². The number of nitrogens with zero attached hydrogens (tertiary/aromatic N) is 2. The van der Waals surface area contributed by atoms with Crippen molar-refractivity contribution in [2.45, 2.75) is 54.4 Å². The van der Waals surface area contributed by atoms with Crippen LogP contribution in [0.4, 0.5) is 8.63 Å². The molecule has 152 valence electrons. The van der Waals surface area contributed by atoms with Gasteiger partial charge in [0.1, 0.15) is 5.75 Å². The van der Waals surface area contributed by atoms with E-state index in [1.807, 2.05) is 33.8 Å². The SMILES string of the molecule is CCC1=C(C)/C(=C(\c2cccc(O)c2)c2c(C)c(CC)c(C)n2B(F)F)N=C1C. The second kappa shape index (κ2) is 8.01. The highest BCUT2D eigenvalue weighted by molar-refractivity contribution is 6.41. The van der Waals surface area contributed by atoms with Gasteiger partial charge < -0.3 is 9.58 Å². The van der Waals surface area contributed by atoms with Gasteiger partial charge in [0, 0.05) is 22.7 Å². The molecular weight excluding hydrogens is 369 g/mol. The number of phenols is 1. The lowest BCUT2D eigenvalue weighted by molar-refractivity contribution is 0.475. The van der Waals surface area contributed by atoms with Gasteiger partial charge in [0.15, 0.2) is 0 Å². The molecule has 0 aliphatic carbocycles. The number of aromatic hydroxyl groups is 1. The summed E-state index contributed by atoms with van der Waals surface area (Å²) in [6.45, 7) is 11.6. The minimum atomic E-state index is -2.67. The summed E-state index contributed by atoms with van der Waals surface area (Å²) in [4.78, 5) is 4.79. The minimum Gasteiger partial charge on any atom is -0.508 e. The fourth-order valence-corrected chi connectivity index (χ4v) is 4.53. The topological polar surface area (TPSA) is 37.5 Å². The maximum absolute atomic E-state index is 14.2. The monoisotopic (exact) mass is 396 g/mol. The summed E-state index contributed by atoms with van der Waals surface area (Å²) in [7, 11) is -2.67. The summed E-state index contributed by atoms with van der Waals surface area (Å²) >= 11 is 0. The quantitative estimate of drug-likeness (QED) is 0.609. The molecule has 1 N–H and O–H groups in total. The van der Waals surface area contributed by atoms with Gasteiger partial charge in [-0.1, -0.05) is 26.0 Å². The number of aromatic nitrogens is 1. The highest BCUT2D eigenvalue weighted by Crippen LogP contribution is 2.41. The van der Waals surface area contributed by atoms with E-state index in [-0.39, 0.29) is 5.75 Å². The predicted octanol–water partition coefficient (Wildman–Crippen LogP) is 6.11. The fraction of sp³-hybridized carbons (Fsp3) is 0.348. The molecule has 0 radical (unpaired) electrons. The van der Waals surface area contributed by atoms with E-state index in [1.54, 1.807) is 25.1 Å². The third-order valence-electron chi connectivity index (χ3n) is 5.88. The van der Waals surface area contributed by atoms with Gasteiger partial charge in [-0.3, -0.25) is 13.6 Å². The highest BCUT2D eigenvalue weighted by atomic mass is 19.2. The van der Waals surface area contributed by atoms with Crippen molar-refractivity contribution in [2.75, 3.05) is 0 Å². The van der Waals surface area contributed by atoms with Crippen LogP contribution in [0.5, 0.6) is 5.75 Å². The normalized spacial score (nSPS) is 15.8. The van der Waals surface area contributed by atoms with Crippen molar-refractivity contribution < 1.29 is 13.7 Å². The summed E-state index contributed by atoms with van der Waals surface area (Å²) < 4.78 is 29.6. The second-order valence-electron chi connectivity index (χ2n) is 7.47. The Hall–Kier alpha value is -2.63. The Labute approximate surface area is 171 Å². The van der Waals surface area contributed by atoms with Crippen molar-refractivity contribution in [3.63, 3.8) is 0 Å². The number of halogens is 2. The van der Waals surface area contributed by atoms with Crippen LogP contribution in [0, 0.1) is 13.8 Å². The van der Waals surface area contributed by atoms with Gasteiger partial charge in [0.25, 0.3) is 0 Å².